The minimum Gasteiger partial charge on any atom is -0.497 e. The van der Waals surface area contributed by atoms with E-state index in [0.717, 1.165) is 53.6 Å². The summed E-state index contributed by atoms with van der Waals surface area (Å²) in [5, 5.41) is 1.10. The molecule has 0 spiro atoms. The molecule has 2 aliphatic rings. The minimum absolute atomic E-state index is 0.212. The normalized spacial score (nSPS) is 19.4. The number of carbonyl (C=O) groups is 1. The van der Waals surface area contributed by atoms with E-state index in [-0.39, 0.29) is 5.41 Å². The van der Waals surface area contributed by atoms with Crippen LogP contribution in [0, 0.1) is 6.92 Å². The molecular weight excluding hydrogens is 402 g/mol. The van der Waals surface area contributed by atoms with Gasteiger partial charge in [-0.15, -0.1) is 0 Å². The van der Waals surface area contributed by atoms with Crippen LogP contribution in [0.1, 0.15) is 46.3 Å². The van der Waals surface area contributed by atoms with Crippen molar-refractivity contribution in [2.45, 2.75) is 37.6 Å². The number of amides is 1. The summed E-state index contributed by atoms with van der Waals surface area (Å²) < 4.78 is 11.8. The summed E-state index contributed by atoms with van der Waals surface area (Å²) in [6, 6.07) is 12.5. The number of likely N-dealkylation sites (N-methyl/N-ethyl adjacent to an activating group) is 1. The average Bonchev–Trinajstić information content (AvgIpc) is 3.59. The van der Waals surface area contributed by atoms with E-state index in [1.165, 1.54) is 5.56 Å². The van der Waals surface area contributed by atoms with Gasteiger partial charge in [-0.3, -0.25) is 14.7 Å². The number of hydrogen-bond donors (Lipinski definition) is 1. The number of ether oxygens (including phenoxy) is 2. The summed E-state index contributed by atoms with van der Waals surface area (Å²) in [6.07, 6.45) is 4.90. The van der Waals surface area contributed by atoms with E-state index in [9.17, 15) is 4.79 Å². The summed E-state index contributed by atoms with van der Waals surface area (Å²) in [5.74, 6) is 1.06. The Hall–Kier alpha value is -3.12. The Morgan fingerprint density at radius 2 is 2.00 bits per heavy atom. The fourth-order valence-corrected chi connectivity index (χ4v) is 4.98. The molecule has 2 heterocycles. The lowest BCUT2D eigenvalue weighted by Crippen LogP contribution is -2.48. The van der Waals surface area contributed by atoms with Crippen LogP contribution < -0.4 is 15.2 Å². The second kappa shape index (κ2) is 7.78. The number of benzene rings is 2. The lowest BCUT2D eigenvalue weighted by Gasteiger charge is -2.37. The van der Waals surface area contributed by atoms with Crippen LogP contribution in [0.4, 0.5) is 0 Å². The van der Waals surface area contributed by atoms with Gasteiger partial charge in [0.1, 0.15) is 18.1 Å². The van der Waals surface area contributed by atoms with Gasteiger partial charge in [0.05, 0.1) is 12.6 Å². The van der Waals surface area contributed by atoms with Crippen molar-refractivity contribution in [1.82, 2.24) is 9.88 Å². The molecule has 166 valence electrons. The van der Waals surface area contributed by atoms with Gasteiger partial charge < -0.3 is 15.2 Å². The zero-order valence-electron chi connectivity index (χ0n) is 18.9. The zero-order chi connectivity index (χ0) is 22.5. The van der Waals surface area contributed by atoms with E-state index in [0.29, 0.717) is 24.0 Å². The van der Waals surface area contributed by atoms with E-state index in [1.807, 2.05) is 19.1 Å². The maximum Gasteiger partial charge on any atom is 0.249 e. The first-order valence-electron chi connectivity index (χ1n) is 11.1. The number of hydrogen-bond acceptors (Lipinski definition) is 5. The maximum absolute atomic E-state index is 12.3. The van der Waals surface area contributed by atoms with Gasteiger partial charge in [0, 0.05) is 34.7 Å². The summed E-state index contributed by atoms with van der Waals surface area (Å²) in [6.45, 7) is 3.69. The highest BCUT2D eigenvalue weighted by atomic mass is 16.5. The Labute approximate surface area is 188 Å². The third kappa shape index (κ3) is 3.39. The van der Waals surface area contributed by atoms with Crippen LogP contribution in [0.3, 0.4) is 0 Å². The molecule has 0 bridgehead atoms. The topological polar surface area (TPSA) is 77.7 Å². The van der Waals surface area contributed by atoms with Crippen LogP contribution in [-0.4, -0.2) is 49.1 Å². The van der Waals surface area contributed by atoms with Crippen molar-refractivity contribution in [2.24, 2.45) is 5.73 Å². The lowest BCUT2D eigenvalue weighted by molar-refractivity contribution is 0.0767. The highest BCUT2D eigenvalue weighted by Crippen LogP contribution is 2.57. The zero-order valence-corrected chi connectivity index (χ0v) is 18.9. The lowest BCUT2D eigenvalue weighted by atomic mass is 9.81. The van der Waals surface area contributed by atoms with Gasteiger partial charge in [-0.2, -0.15) is 0 Å². The molecule has 1 saturated carbocycles. The number of likely N-dealkylation sites (tertiary alicyclic amines) is 1. The molecule has 1 atom stereocenters. The second-order valence-electron chi connectivity index (χ2n) is 9.07. The van der Waals surface area contributed by atoms with Gasteiger partial charge in [-0.05, 0) is 80.7 Å². The first-order chi connectivity index (χ1) is 15.4. The van der Waals surface area contributed by atoms with Crippen molar-refractivity contribution in [3.8, 4) is 11.5 Å². The monoisotopic (exact) mass is 431 g/mol. The molecule has 5 rings (SSSR count). The van der Waals surface area contributed by atoms with Crippen LogP contribution in [0.2, 0.25) is 0 Å². The Kier molecular flexibility index (Phi) is 5.05. The maximum atomic E-state index is 12.3. The van der Waals surface area contributed by atoms with Crippen LogP contribution in [0.5, 0.6) is 11.5 Å². The quantitative estimate of drug-likeness (QED) is 0.615. The molecule has 1 aliphatic carbocycles. The molecule has 0 radical (unpaired) electrons. The predicted octanol–water partition coefficient (Wildman–Crippen LogP) is 3.81. The van der Waals surface area contributed by atoms with Crippen molar-refractivity contribution < 1.29 is 14.3 Å². The minimum atomic E-state index is -0.428. The number of methoxy groups -OCH3 is 1. The first-order valence-corrected chi connectivity index (χ1v) is 11.1. The summed E-state index contributed by atoms with van der Waals surface area (Å²) in [5.41, 5.74) is 10.2. The molecule has 2 fully saturated rings. The number of rotatable bonds is 7. The molecule has 1 saturated heterocycles. The van der Waals surface area contributed by atoms with Gasteiger partial charge in [0.25, 0.3) is 0 Å². The fourth-order valence-electron chi connectivity index (χ4n) is 4.98. The van der Waals surface area contributed by atoms with Gasteiger partial charge in [0.2, 0.25) is 5.91 Å². The Morgan fingerprint density at radius 1 is 1.22 bits per heavy atom. The standard InChI is InChI=1S/C26H29N3O3/c1-16-21(25(27)30)11-19(32-15-17-6-10-29(17)2)13-22(16)26(7-8-26)23-12-18(31-3)14-24-20(23)5-4-9-28-24/h4-5,9,11-14,17H,6-8,10,15H2,1-3H3,(H2,27,30). The van der Waals surface area contributed by atoms with Crippen molar-refractivity contribution >= 4 is 16.8 Å². The highest BCUT2D eigenvalue weighted by molar-refractivity contribution is 5.95. The molecule has 1 aliphatic heterocycles. The fraction of sp³-hybridized carbons (Fsp3) is 0.385. The highest BCUT2D eigenvalue weighted by Gasteiger charge is 2.48. The van der Waals surface area contributed by atoms with E-state index in [4.69, 9.17) is 15.2 Å². The van der Waals surface area contributed by atoms with E-state index in [2.05, 4.69) is 35.1 Å². The molecule has 3 aromatic rings. The molecule has 1 unspecified atom stereocenters. The van der Waals surface area contributed by atoms with E-state index in [1.54, 1.807) is 19.4 Å². The van der Waals surface area contributed by atoms with Gasteiger partial charge in [-0.25, -0.2) is 0 Å². The van der Waals surface area contributed by atoms with Crippen molar-refractivity contribution in [3.05, 3.63) is 64.8 Å². The summed E-state index contributed by atoms with van der Waals surface area (Å²) in [7, 11) is 3.78. The SMILES string of the molecule is COc1cc(C2(c3cc(OCC4CCN4C)cc(C(N)=O)c3C)CC2)c2cccnc2c1. The molecule has 1 aromatic heterocycles. The summed E-state index contributed by atoms with van der Waals surface area (Å²) in [4.78, 5) is 19.1. The molecular formula is C26H29N3O3. The van der Waals surface area contributed by atoms with Crippen molar-refractivity contribution in [3.63, 3.8) is 0 Å². The molecule has 2 N–H and O–H groups in total. The molecule has 6 nitrogen and oxygen atoms in total. The molecule has 32 heavy (non-hydrogen) atoms. The van der Waals surface area contributed by atoms with Crippen LogP contribution in [-0.2, 0) is 5.41 Å². The van der Waals surface area contributed by atoms with Crippen LogP contribution in [0.25, 0.3) is 10.9 Å². The second-order valence-corrected chi connectivity index (χ2v) is 9.07. The van der Waals surface area contributed by atoms with E-state index < -0.39 is 5.91 Å². The number of nitrogens with zero attached hydrogens (tertiary/aromatic N) is 2. The smallest absolute Gasteiger partial charge is 0.249 e. The number of carbonyl (C=O) groups excluding carboxylic acids is 1. The summed E-state index contributed by atoms with van der Waals surface area (Å²) >= 11 is 0. The Morgan fingerprint density at radius 3 is 2.62 bits per heavy atom. The average molecular weight is 432 g/mol. The van der Waals surface area contributed by atoms with Gasteiger partial charge in [-0.1, -0.05) is 6.07 Å². The number of nitrogens with two attached hydrogens (primary N) is 1. The van der Waals surface area contributed by atoms with Crippen LogP contribution in [0.15, 0.2) is 42.6 Å². The first kappa shape index (κ1) is 20.8. The van der Waals surface area contributed by atoms with Gasteiger partial charge in [0.15, 0.2) is 0 Å². The third-order valence-corrected chi connectivity index (χ3v) is 7.24. The third-order valence-electron chi connectivity index (χ3n) is 7.24. The molecule has 6 heteroatoms. The van der Waals surface area contributed by atoms with Gasteiger partial charge >= 0.3 is 0 Å². The Balaban J connectivity index is 1.62. The van der Waals surface area contributed by atoms with Crippen molar-refractivity contribution in [1.29, 1.82) is 0 Å². The number of primary amides is 1. The largest absolute Gasteiger partial charge is 0.497 e. The van der Waals surface area contributed by atoms with E-state index >= 15 is 0 Å². The molecule has 2 aromatic carbocycles. The predicted molar refractivity (Wildman–Crippen MR) is 125 cm³/mol. The Bertz CT molecular complexity index is 1200. The number of fused-ring (bicyclic) bond motifs is 1. The number of aromatic nitrogens is 1. The van der Waals surface area contributed by atoms with Crippen molar-refractivity contribution in [2.75, 3.05) is 27.3 Å². The molecule has 1 amide bonds. The number of pyridine rings is 1. The van der Waals surface area contributed by atoms with Crippen LogP contribution >= 0.6 is 0 Å².